The first kappa shape index (κ1) is 15.0. The van der Waals surface area contributed by atoms with Gasteiger partial charge in [-0.25, -0.2) is 0 Å². The number of allylic oxidation sites excluding steroid dienone is 2. The molecule has 0 fully saturated rings. The Labute approximate surface area is 133 Å². The van der Waals surface area contributed by atoms with Gasteiger partial charge in [-0.1, -0.05) is 24.3 Å². The number of Topliss-reactive ketones (excluding diaryl/α,β-unsaturated/α-hetero) is 2. The van der Waals surface area contributed by atoms with Crippen molar-refractivity contribution in [2.75, 3.05) is 7.11 Å². The van der Waals surface area contributed by atoms with Crippen molar-refractivity contribution in [1.82, 2.24) is 15.1 Å². The van der Waals surface area contributed by atoms with E-state index in [1.54, 1.807) is 28.9 Å². The molecule has 1 heterocycles. The van der Waals surface area contributed by atoms with Gasteiger partial charge >= 0.3 is 0 Å². The molecule has 1 aromatic carbocycles. The highest BCUT2D eigenvalue weighted by atomic mass is 16.5. The summed E-state index contributed by atoms with van der Waals surface area (Å²) in [5, 5.41) is 7.31. The number of aromatic nitrogens is 2. The van der Waals surface area contributed by atoms with E-state index in [4.69, 9.17) is 4.74 Å². The third-order valence-corrected chi connectivity index (χ3v) is 3.85. The number of ether oxygens (including phenoxy) is 1. The van der Waals surface area contributed by atoms with Crippen LogP contribution in [0.2, 0.25) is 0 Å². The normalized spacial score (nSPS) is 14.0. The number of methoxy groups -OCH3 is 1. The Kier molecular flexibility index (Phi) is 3.73. The SMILES string of the molecule is COC1=C(NCc2cn(C)nc2C)C(=O)c2ccccc2C1=O. The number of benzene rings is 1. The van der Waals surface area contributed by atoms with Crippen LogP contribution in [0.4, 0.5) is 0 Å². The number of carbonyl (C=O) groups is 2. The summed E-state index contributed by atoms with van der Waals surface area (Å²) in [7, 11) is 3.23. The van der Waals surface area contributed by atoms with Crippen molar-refractivity contribution in [3.05, 3.63) is 64.3 Å². The summed E-state index contributed by atoms with van der Waals surface area (Å²) in [4.78, 5) is 25.2. The van der Waals surface area contributed by atoms with Crippen molar-refractivity contribution in [1.29, 1.82) is 0 Å². The van der Waals surface area contributed by atoms with Gasteiger partial charge in [0.05, 0.1) is 12.8 Å². The van der Waals surface area contributed by atoms with Gasteiger partial charge in [-0.3, -0.25) is 14.3 Å². The maximum absolute atomic E-state index is 12.7. The van der Waals surface area contributed by atoms with Gasteiger partial charge in [-0.15, -0.1) is 0 Å². The highest BCUT2D eigenvalue weighted by Gasteiger charge is 2.33. The van der Waals surface area contributed by atoms with Gasteiger partial charge in [0.2, 0.25) is 11.6 Å². The number of carbonyl (C=O) groups excluding carboxylic acids is 2. The number of hydrogen-bond donors (Lipinski definition) is 1. The van der Waals surface area contributed by atoms with Crippen molar-refractivity contribution in [3.8, 4) is 0 Å². The molecule has 0 amide bonds. The number of nitrogens with one attached hydrogen (secondary N) is 1. The number of hydrogen-bond acceptors (Lipinski definition) is 5. The molecule has 6 heteroatoms. The van der Waals surface area contributed by atoms with Crippen LogP contribution in [0.5, 0.6) is 0 Å². The van der Waals surface area contributed by atoms with E-state index in [0.29, 0.717) is 17.7 Å². The molecule has 0 spiro atoms. The van der Waals surface area contributed by atoms with Crippen molar-refractivity contribution in [3.63, 3.8) is 0 Å². The van der Waals surface area contributed by atoms with Gasteiger partial charge in [0.25, 0.3) is 0 Å². The van der Waals surface area contributed by atoms with Gasteiger partial charge in [-0.2, -0.15) is 5.10 Å². The number of rotatable bonds is 4. The zero-order valence-electron chi connectivity index (χ0n) is 13.2. The van der Waals surface area contributed by atoms with Crippen molar-refractivity contribution >= 4 is 11.6 Å². The third kappa shape index (κ3) is 2.52. The van der Waals surface area contributed by atoms with E-state index in [1.807, 2.05) is 20.2 Å². The molecule has 0 unspecified atom stereocenters. The Balaban J connectivity index is 1.95. The van der Waals surface area contributed by atoms with Crippen LogP contribution in [0.15, 0.2) is 41.9 Å². The molecular formula is C17H17N3O3. The lowest BCUT2D eigenvalue weighted by Gasteiger charge is -2.20. The molecular weight excluding hydrogens is 294 g/mol. The van der Waals surface area contributed by atoms with Crippen molar-refractivity contribution in [2.24, 2.45) is 7.05 Å². The van der Waals surface area contributed by atoms with Gasteiger partial charge in [-0.05, 0) is 6.92 Å². The fourth-order valence-corrected chi connectivity index (χ4v) is 2.71. The van der Waals surface area contributed by atoms with Crippen LogP contribution in [0.1, 0.15) is 32.0 Å². The van der Waals surface area contributed by atoms with Gasteiger partial charge in [0, 0.05) is 36.5 Å². The summed E-state index contributed by atoms with van der Waals surface area (Å²) < 4.78 is 6.90. The fourth-order valence-electron chi connectivity index (χ4n) is 2.71. The first-order chi connectivity index (χ1) is 11.0. The highest BCUT2D eigenvalue weighted by molar-refractivity contribution is 6.25. The standard InChI is InChI=1S/C17H17N3O3/c1-10-11(9-20(2)19-10)8-18-14-15(21)12-6-4-5-7-13(12)16(22)17(14)23-3/h4-7,9,18H,8H2,1-3H3. The van der Waals surface area contributed by atoms with Crippen molar-refractivity contribution in [2.45, 2.75) is 13.5 Å². The maximum Gasteiger partial charge on any atom is 0.230 e. The second-order valence-corrected chi connectivity index (χ2v) is 5.38. The molecule has 1 aromatic heterocycles. The zero-order chi connectivity index (χ0) is 16.6. The Morgan fingerprint density at radius 2 is 1.83 bits per heavy atom. The first-order valence-electron chi connectivity index (χ1n) is 7.22. The largest absolute Gasteiger partial charge is 0.491 e. The Morgan fingerprint density at radius 3 is 2.39 bits per heavy atom. The van der Waals surface area contributed by atoms with E-state index in [-0.39, 0.29) is 23.0 Å². The van der Waals surface area contributed by atoms with Gasteiger partial charge < -0.3 is 10.1 Å². The molecule has 0 atom stereocenters. The Morgan fingerprint density at radius 1 is 1.17 bits per heavy atom. The molecule has 0 radical (unpaired) electrons. The smallest absolute Gasteiger partial charge is 0.230 e. The lowest BCUT2D eigenvalue weighted by atomic mass is 9.91. The number of ketones is 2. The molecule has 0 saturated heterocycles. The van der Waals surface area contributed by atoms with Crippen molar-refractivity contribution < 1.29 is 14.3 Å². The molecule has 1 N–H and O–H groups in total. The molecule has 118 valence electrons. The van der Waals surface area contributed by atoms with E-state index in [9.17, 15) is 9.59 Å². The monoisotopic (exact) mass is 311 g/mol. The number of aryl methyl sites for hydroxylation is 2. The average molecular weight is 311 g/mol. The van der Waals surface area contributed by atoms with E-state index in [1.165, 1.54) is 7.11 Å². The number of fused-ring (bicyclic) bond motifs is 1. The van der Waals surface area contributed by atoms with Crippen LogP contribution in [0, 0.1) is 6.92 Å². The van der Waals surface area contributed by atoms with Crippen LogP contribution < -0.4 is 5.32 Å². The Bertz CT molecular complexity index is 833. The molecule has 23 heavy (non-hydrogen) atoms. The van der Waals surface area contributed by atoms with E-state index in [2.05, 4.69) is 10.4 Å². The fraction of sp³-hybridized carbons (Fsp3) is 0.235. The number of nitrogens with zero attached hydrogens (tertiary/aromatic N) is 2. The quantitative estimate of drug-likeness (QED) is 0.931. The summed E-state index contributed by atoms with van der Waals surface area (Å²) in [5.41, 5.74) is 2.78. The summed E-state index contributed by atoms with van der Waals surface area (Å²) in [6, 6.07) is 6.76. The predicted octanol–water partition coefficient (Wildman–Crippen LogP) is 1.76. The van der Waals surface area contributed by atoms with Crippen LogP contribution in [0.25, 0.3) is 0 Å². The molecule has 1 aliphatic rings. The average Bonchev–Trinajstić information content (AvgIpc) is 2.87. The van der Waals surface area contributed by atoms with Gasteiger partial charge in [0.15, 0.2) is 5.76 Å². The molecule has 0 saturated carbocycles. The minimum atomic E-state index is -0.284. The highest BCUT2D eigenvalue weighted by Crippen LogP contribution is 2.25. The van der Waals surface area contributed by atoms with E-state index in [0.717, 1.165) is 11.3 Å². The maximum atomic E-state index is 12.7. The molecule has 6 nitrogen and oxygen atoms in total. The second-order valence-electron chi connectivity index (χ2n) is 5.38. The lowest BCUT2D eigenvalue weighted by molar-refractivity contribution is 0.0899. The molecule has 3 rings (SSSR count). The summed E-state index contributed by atoms with van der Waals surface area (Å²) in [6.07, 6.45) is 1.87. The summed E-state index contributed by atoms with van der Waals surface area (Å²) in [5.74, 6) is -0.470. The molecule has 2 aromatic rings. The van der Waals surface area contributed by atoms with Gasteiger partial charge in [0.1, 0.15) is 5.70 Å². The van der Waals surface area contributed by atoms with E-state index < -0.39 is 0 Å². The minimum Gasteiger partial charge on any atom is -0.491 e. The lowest BCUT2D eigenvalue weighted by Crippen LogP contribution is -2.31. The van der Waals surface area contributed by atoms with Crippen LogP contribution >= 0.6 is 0 Å². The second kappa shape index (κ2) is 5.72. The van der Waals surface area contributed by atoms with Crippen LogP contribution in [-0.2, 0) is 18.3 Å². The summed E-state index contributed by atoms with van der Waals surface area (Å²) >= 11 is 0. The zero-order valence-corrected chi connectivity index (χ0v) is 13.2. The van der Waals surface area contributed by atoms with Crippen LogP contribution in [-0.4, -0.2) is 28.5 Å². The topological polar surface area (TPSA) is 73.2 Å². The predicted molar refractivity (Wildman–Crippen MR) is 83.9 cm³/mol. The third-order valence-electron chi connectivity index (χ3n) is 3.85. The molecule has 1 aliphatic carbocycles. The minimum absolute atomic E-state index is 0.0512. The molecule has 0 aliphatic heterocycles. The van der Waals surface area contributed by atoms with E-state index >= 15 is 0 Å². The Hall–Kier alpha value is -2.89. The first-order valence-corrected chi connectivity index (χ1v) is 7.22. The van der Waals surface area contributed by atoms with Crippen LogP contribution in [0.3, 0.4) is 0 Å². The molecule has 0 bridgehead atoms. The summed E-state index contributed by atoms with van der Waals surface area (Å²) in [6.45, 7) is 2.29.